The van der Waals surface area contributed by atoms with Crippen LogP contribution in [0, 0.1) is 19.8 Å². The molecule has 0 aliphatic rings. The Labute approximate surface area is 212 Å². The van der Waals surface area contributed by atoms with Crippen LogP contribution in [0.5, 0.6) is 5.75 Å². The molecule has 2 N–H and O–H groups in total. The average Bonchev–Trinajstić information content (AvgIpc) is 2.80. The highest BCUT2D eigenvalue weighted by molar-refractivity contribution is 7.92. The number of benzene rings is 3. The highest BCUT2D eigenvalue weighted by Gasteiger charge is 2.23. The number of sulfonamides is 1. The Morgan fingerprint density at radius 2 is 1.66 bits per heavy atom. The van der Waals surface area contributed by atoms with E-state index in [0.29, 0.717) is 18.0 Å². The minimum Gasteiger partial charge on any atom is -0.497 e. The molecule has 35 heavy (non-hydrogen) atoms. The number of aryl methyl sites for hydroxylation is 2. The van der Waals surface area contributed by atoms with Crippen molar-refractivity contribution in [1.29, 1.82) is 0 Å². The molecule has 0 aliphatic heterocycles. The lowest BCUT2D eigenvalue weighted by molar-refractivity contribution is 0.0931. The van der Waals surface area contributed by atoms with Gasteiger partial charge >= 0.3 is 0 Å². The summed E-state index contributed by atoms with van der Waals surface area (Å²) in [5.41, 5.74) is 3.58. The van der Waals surface area contributed by atoms with Gasteiger partial charge in [-0.1, -0.05) is 43.6 Å². The first-order chi connectivity index (χ1) is 16.5. The molecule has 3 aromatic carbocycles. The fourth-order valence-electron chi connectivity index (χ4n) is 3.69. The highest BCUT2D eigenvalue weighted by Crippen LogP contribution is 2.28. The van der Waals surface area contributed by atoms with Gasteiger partial charge in [0.15, 0.2) is 0 Å². The third-order valence-electron chi connectivity index (χ3n) is 5.77. The zero-order valence-electron chi connectivity index (χ0n) is 20.6. The number of ether oxygens (including phenoxy) is 1. The van der Waals surface area contributed by atoms with Crippen LogP contribution in [0.1, 0.15) is 53.4 Å². The highest BCUT2D eigenvalue weighted by atomic mass is 35.5. The molecule has 3 rings (SSSR count). The summed E-state index contributed by atoms with van der Waals surface area (Å²) in [6.45, 7) is 8.01. The molecule has 3 aromatic rings. The smallest absolute Gasteiger partial charge is 0.263 e. The van der Waals surface area contributed by atoms with E-state index >= 15 is 0 Å². The molecule has 186 valence electrons. The number of anilines is 1. The van der Waals surface area contributed by atoms with Crippen molar-refractivity contribution in [2.24, 2.45) is 5.92 Å². The van der Waals surface area contributed by atoms with E-state index in [1.54, 1.807) is 19.2 Å². The van der Waals surface area contributed by atoms with Gasteiger partial charge in [-0.3, -0.25) is 9.52 Å². The second-order valence-electron chi connectivity index (χ2n) is 8.98. The summed E-state index contributed by atoms with van der Waals surface area (Å²) in [7, 11) is -2.41. The van der Waals surface area contributed by atoms with Crippen molar-refractivity contribution in [2.45, 2.75) is 45.1 Å². The van der Waals surface area contributed by atoms with Gasteiger partial charge in [-0.05, 0) is 85.3 Å². The van der Waals surface area contributed by atoms with Gasteiger partial charge in [0.05, 0.1) is 18.2 Å². The molecule has 0 spiro atoms. The van der Waals surface area contributed by atoms with Gasteiger partial charge in [0.2, 0.25) is 0 Å². The molecule has 0 bridgehead atoms. The number of rotatable bonds is 9. The Morgan fingerprint density at radius 3 is 2.26 bits per heavy atom. The largest absolute Gasteiger partial charge is 0.497 e. The van der Waals surface area contributed by atoms with E-state index in [0.717, 1.165) is 22.4 Å². The van der Waals surface area contributed by atoms with Crippen LogP contribution >= 0.6 is 11.6 Å². The van der Waals surface area contributed by atoms with Crippen molar-refractivity contribution in [3.8, 4) is 5.75 Å². The number of carbonyl (C=O) groups excluding carboxylic acids is 1. The van der Waals surface area contributed by atoms with E-state index in [1.165, 1.54) is 18.2 Å². The van der Waals surface area contributed by atoms with Crippen LogP contribution < -0.4 is 14.8 Å². The van der Waals surface area contributed by atoms with E-state index in [2.05, 4.69) is 23.9 Å². The van der Waals surface area contributed by atoms with Gasteiger partial charge in [-0.15, -0.1) is 0 Å². The van der Waals surface area contributed by atoms with Crippen LogP contribution in [0.2, 0.25) is 5.02 Å². The summed E-state index contributed by atoms with van der Waals surface area (Å²) >= 11 is 6.24. The SMILES string of the molecule is COc1ccc(C(CC(C)C)NC(=O)c2ccc(Cl)c(S(=O)(=O)Nc3ccc(C)c(C)c3)c2)cc1. The summed E-state index contributed by atoms with van der Waals surface area (Å²) in [5.74, 6) is 0.670. The van der Waals surface area contributed by atoms with Crippen LogP contribution in [0.3, 0.4) is 0 Å². The minimum atomic E-state index is -4.01. The molecule has 0 fully saturated rings. The lowest BCUT2D eigenvalue weighted by Gasteiger charge is -2.22. The molecular weight excluding hydrogens is 484 g/mol. The van der Waals surface area contributed by atoms with Crippen molar-refractivity contribution in [3.63, 3.8) is 0 Å². The quantitative estimate of drug-likeness (QED) is 0.351. The topological polar surface area (TPSA) is 84.5 Å². The van der Waals surface area contributed by atoms with Crippen LogP contribution in [-0.2, 0) is 10.0 Å². The van der Waals surface area contributed by atoms with Crippen molar-refractivity contribution in [3.05, 3.63) is 87.9 Å². The Bertz CT molecular complexity index is 1310. The fourth-order valence-corrected chi connectivity index (χ4v) is 5.27. The maximum atomic E-state index is 13.2. The Kier molecular flexibility index (Phi) is 8.46. The number of amides is 1. The number of nitrogens with one attached hydrogen (secondary N) is 2. The summed E-state index contributed by atoms with van der Waals surface area (Å²) < 4.78 is 34.0. The van der Waals surface area contributed by atoms with Gasteiger partial charge in [-0.25, -0.2) is 8.42 Å². The summed E-state index contributed by atoms with van der Waals surface area (Å²) in [6, 6.07) is 16.8. The zero-order valence-corrected chi connectivity index (χ0v) is 22.1. The summed E-state index contributed by atoms with van der Waals surface area (Å²) in [6.07, 6.45) is 0.713. The second-order valence-corrected chi connectivity index (χ2v) is 11.0. The van der Waals surface area contributed by atoms with Gasteiger partial charge in [-0.2, -0.15) is 0 Å². The fraction of sp³-hybridized carbons (Fsp3) is 0.296. The first-order valence-corrected chi connectivity index (χ1v) is 13.2. The van der Waals surface area contributed by atoms with Crippen LogP contribution in [0.4, 0.5) is 5.69 Å². The molecule has 1 atom stereocenters. The van der Waals surface area contributed by atoms with Crippen molar-refractivity contribution in [2.75, 3.05) is 11.8 Å². The van der Waals surface area contributed by atoms with Crippen molar-refractivity contribution in [1.82, 2.24) is 5.32 Å². The molecule has 1 amide bonds. The number of halogens is 1. The van der Waals surface area contributed by atoms with Crippen LogP contribution in [0.25, 0.3) is 0 Å². The number of hydrogen-bond donors (Lipinski definition) is 2. The van der Waals surface area contributed by atoms with Gasteiger partial charge in [0, 0.05) is 11.3 Å². The number of methoxy groups -OCH3 is 1. The van der Waals surface area contributed by atoms with E-state index in [9.17, 15) is 13.2 Å². The molecule has 0 saturated heterocycles. The van der Waals surface area contributed by atoms with E-state index in [-0.39, 0.29) is 27.4 Å². The first kappa shape index (κ1) is 26.6. The predicted octanol–water partition coefficient (Wildman–Crippen LogP) is 6.28. The van der Waals surface area contributed by atoms with Crippen LogP contribution in [-0.4, -0.2) is 21.4 Å². The normalized spacial score (nSPS) is 12.3. The van der Waals surface area contributed by atoms with E-state index in [1.807, 2.05) is 44.2 Å². The lowest BCUT2D eigenvalue weighted by atomic mass is 9.96. The van der Waals surface area contributed by atoms with Crippen molar-refractivity contribution >= 4 is 33.2 Å². The van der Waals surface area contributed by atoms with Crippen molar-refractivity contribution < 1.29 is 17.9 Å². The maximum Gasteiger partial charge on any atom is 0.263 e. The molecule has 8 heteroatoms. The Morgan fingerprint density at radius 1 is 0.971 bits per heavy atom. The third-order valence-corrected chi connectivity index (χ3v) is 7.64. The lowest BCUT2D eigenvalue weighted by Crippen LogP contribution is -2.29. The second kappa shape index (κ2) is 11.1. The molecule has 0 heterocycles. The summed E-state index contributed by atoms with van der Waals surface area (Å²) in [4.78, 5) is 13.0. The molecule has 0 radical (unpaired) electrons. The molecule has 0 aliphatic carbocycles. The summed E-state index contributed by atoms with van der Waals surface area (Å²) in [5, 5.41) is 3.08. The molecular formula is C27H31ClN2O4S. The number of hydrogen-bond acceptors (Lipinski definition) is 4. The van der Waals surface area contributed by atoms with Gasteiger partial charge < -0.3 is 10.1 Å². The first-order valence-electron chi connectivity index (χ1n) is 11.3. The van der Waals surface area contributed by atoms with Gasteiger partial charge in [0.1, 0.15) is 10.6 Å². The molecule has 0 saturated carbocycles. The van der Waals surface area contributed by atoms with Gasteiger partial charge in [0.25, 0.3) is 15.9 Å². The van der Waals surface area contributed by atoms with E-state index < -0.39 is 10.0 Å². The monoisotopic (exact) mass is 514 g/mol. The Balaban J connectivity index is 1.87. The third kappa shape index (κ3) is 6.77. The predicted molar refractivity (Wildman–Crippen MR) is 141 cm³/mol. The molecule has 6 nitrogen and oxygen atoms in total. The maximum absolute atomic E-state index is 13.2. The standard InChI is InChI=1S/C27H31ClN2O4S/c1-17(2)14-25(20-7-11-23(34-5)12-8-20)29-27(31)21-9-13-24(28)26(16-21)35(32,33)30-22-10-6-18(3)19(4)15-22/h6-13,15-17,25,30H,14H2,1-5H3,(H,29,31). The molecule has 1 unspecified atom stereocenters. The average molecular weight is 515 g/mol. The Hall–Kier alpha value is -3.03. The van der Waals surface area contributed by atoms with E-state index in [4.69, 9.17) is 16.3 Å². The zero-order chi connectivity index (χ0) is 25.8. The minimum absolute atomic E-state index is 0.0340. The number of carbonyl (C=O) groups is 1. The van der Waals surface area contributed by atoms with Crippen LogP contribution in [0.15, 0.2) is 65.6 Å². The molecule has 0 aromatic heterocycles.